The average molecular weight is 836 g/mol. The number of nitrogens with one attached hydrogen (secondary N) is 5. The zero-order valence-electron chi connectivity index (χ0n) is 34.8. The van der Waals surface area contributed by atoms with Gasteiger partial charge in [-0.25, -0.2) is 19.6 Å². The Hall–Kier alpha value is -7.37. The van der Waals surface area contributed by atoms with E-state index in [0.29, 0.717) is 54.7 Å². The van der Waals surface area contributed by atoms with Crippen molar-refractivity contribution in [3.8, 4) is 11.1 Å². The van der Waals surface area contributed by atoms with Crippen molar-refractivity contribution in [2.45, 2.75) is 91.5 Å². The van der Waals surface area contributed by atoms with Crippen LogP contribution in [-0.4, -0.2) is 80.6 Å². The Labute approximate surface area is 354 Å². The molecule has 2 aliphatic heterocycles. The summed E-state index contributed by atoms with van der Waals surface area (Å²) >= 11 is 0. The van der Waals surface area contributed by atoms with Crippen LogP contribution in [0.1, 0.15) is 93.5 Å². The van der Waals surface area contributed by atoms with Crippen molar-refractivity contribution in [1.82, 2.24) is 55.0 Å². The molecule has 3 aliphatic rings. The molecule has 5 aromatic heterocycles. The van der Waals surface area contributed by atoms with E-state index in [2.05, 4.69) is 61.5 Å². The normalized spacial score (nSPS) is 16.4. The van der Waals surface area contributed by atoms with Crippen LogP contribution in [0.2, 0.25) is 0 Å². The monoisotopic (exact) mass is 835 g/mol. The number of imide groups is 1. The van der Waals surface area contributed by atoms with Gasteiger partial charge in [-0.15, -0.1) is 0 Å². The third-order valence-corrected chi connectivity index (χ3v) is 12.0. The van der Waals surface area contributed by atoms with Crippen LogP contribution in [0.5, 0.6) is 0 Å². The molecule has 7 heterocycles. The summed E-state index contributed by atoms with van der Waals surface area (Å²) in [4.78, 5) is 70.4. The van der Waals surface area contributed by atoms with Crippen molar-refractivity contribution in [2.24, 2.45) is 0 Å². The van der Waals surface area contributed by atoms with Gasteiger partial charge in [0.05, 0.1) is 35.3 Å². The van der Waals surface area contributed by atoms with Crippen LogP contribution >= 0.6 is 0 Å². The van der Waals surface area contributed by atoms with E-state index in [1.165, 1.54) is 0 Å². The molecule has 316 valence electrons. The van der Waals surface area contributed by atoms with Crippen LogP contribution in [0.4, 0.5) is 17.3 Å². The molecule has 0 radical (unpaired) electrons. The number of amides is 4. The third kappa shape index (κ3) is 6.99. The van der Waals surface area contributed by atoms with Gasteiger partial charge >= 0.3 is 0 Å². The molecule has 18 nitrogen and oxygen atoms in total. The number of rotatable bonds is 13. The number of H-pyrrole nitrogens is 1. The van der Waals surface area contributed by atoms with Gasteiger partial charge in [0.15, 0.2) is 0 Å². The highest BCUT2D eigenvalue weighted by Gasteiger charge is 2.40. The van der Waals surface area contributed by atoms with Crippen molar-refractivity contribution in [3.05, 3.63) is 94.3 Å². The van der Waals surface area contributed by atoms with Crippen molar-refractivity contribution < 1.29 is 23.7 Å². The Morgan fingerprint density at radius 3 is 2.66 bits per heavy atom. The number of anilines is 3. The lowest BCUT2D eigenvalue weighted by atomic mass is 9.97. The molecule has 0 spiro atoms. The number of aromatic amines is 1. The second-order valence-corrected chi connectivity index (χ2v) is 16.3. The fourth-order valence-electron chi connectivity index (χ4n) is 8.70. The van der Waals surface area contributed by atoms with Crippen LogP contribution < -0.4 is 21.3 Å². The molecule has 1 unspecified atom stereocenters. The summed E-state index contributed by atoms with van der Waals surface area (Å²) in [7, 11) is 0. The summed E-state index contributed by atoms with van der Waals surface area (Å²) in [6.07, 6.45) is 6.32. The fraction of sp³-hybridized carbons (Fsp3) is 0.341. The summed E-state index contributed by atoms with van der Waals surface area (Å²) in [5.74, 6) is 1.03. The number of hydrogen-bond donors (Lipinski definition) is 5. The lowest BCUT2D eigenvalue weighted by molar-refractivity contribution is -0.136. The standard InChI is InChI=1S/C44H45N13O5/c1-5-57-35(17-32(53-57)25-9-10-25)49-40-38-29-15-22(2)28(37-23(3)54-62-24(37)4)16-33(29)48-39(38)51-41(52-40)43(60)46-18-26-19-55(21-47-26)14-13-45-31-8-6-7-27-30(31)20-56(44(27)61)34-11-12-36(58)50-42(34)59/h6-8,15-17,19,21,25,34,45H,5,9-14,18,20H2,1-4H3,(H,46,60)(H,50,58,59)(H2,48,49,51,52). The Bertz CT molecular complexity index is 2950. The van der Waals surface area contributed by atoms with Crippen LogP contribution in [-0.2, 0) is 35.8 Å². The maximum Gasteiger partial charge on any atom is 0.289 e. The van der Waals surface area contributed by atoms with Crippen molar-refractivity contribution >= 4 is 62.9 Å². The summed E-state index contributed by atoms with van der Waals surface area (Å²) in [6, 6.07) is 11.1. The van der Waals surface area contributed by atoms with E-state index in [1.807, 2.05) is 48.3 Å². The summed E-state index contributed by atoms with van der Waals surface area (Å²) in [5, 5.41) is 22.9. The first-order chi connectivity index (χ1) is 30.0. The minimum absolute atomic E-state index is 0.00659. The van der Waals surface area contributed by atoms with Crippen molar-refractivity contribution in [3.63, 3.8) is 0 Å². The minimum Gasteiger partial charge on any atom is -0.383 e. The zero-order valence-corrected chi connectivity index (χ0v) is 34.8. The Kier molecular flexibility index (Phi) is 9.56. The van der Waals surface area contributed by atoms with Gasteiger partial charge in [0.25, 0.3) is 11.8 Å². The number of hydrogen-bond acceptors (Lipinski definition) is 12. The molecular formula is C44H45N13O5. The van der Waals surface area contributed by atoms with Gasteiger partial charge in [-0.05, 0) is 82.3 Å². The lowest BCUT2D eigenvalue weighted by Crippen LogP contribution is -2.52. The van der Waals surface area contributed by atoms with Gasteiger partial charge in [-0.3, -0.25) is 24.5 Å². The van der Waals surface area contributed by atoms with Crippen molar-refractivity contribution in [2.75, 3.05) is 17.2 Å². The zero-order chi connectivity index (χ0) is 42.8. The van der Waals surface area contributed by atoms with Crippen LogP contribution in [0.25, 0.3) is 33.1 Å². The SMILES string of the molecule is CCn1nc(C2CC2)cc1Nc1nc(C(=O)NCc2cn(CCNc3cccc4c3CN(C3CCC(=O)NC3=O)C4=O)cn2)nc2[nH]c3cc(-c4c(C)noc4C)c(C)cc3c12. The van der Waals surface area contributed by atoms with E-state index in [4.69, 9.17) is 19.6 Å². The number of aromatic nitrogens is 8. The van der Waals surface area contributed by atoms with Crippen LogP contribution in [0.3, 0.4) is 0 Å². The van der Waals surface area contributed by atoms with Crippen molar-refractivity contribution in [1.29, 1.82) is 0 Å². The van der Waals surface area contributed by atoms with E-state index < -0.39 is 17.9 Å². The molecule has 2 aromatic carbocycles. The highest BCUT2D eigenvalue weighted by Crippen LogP contribution is 2.41. The topological polar surface area (TPSA) is 223 Å². The average Bonchev–Trinajstić information content (AvgIpc) is 3.51. The number of fused-ring (bicyclic) bond motifs is 4. The molecule has 1 saturated heterocycles. The maximum atomic E-state index is 13.8. The molecule has 1 saturated carbocycles. The van der Waals surface area contributed by atoms with Gasteiger partial charge in [-0.1, -0.05) is 11.2 Å². The maximum absolute atomic E-state index is 13.8. The Balaban J connectivity index is 0.853. The van der Waals surface area contributed by atoms with Gasteiger partial charge in [0.2, 0.25) is 17.6 Å². The van der Waals surface area contributed by atoms with Crippen LogP contribution in [0, 0.1) is 20.8 Å². The van der Waals surface area contributed by atoms with E-state index in [9.17, 15) is 19.2 Å². The van der Waals surface area contributed by atoms with E-state index >= 15 is 0 Å². The van der Waals surface area contributed by atoms with Gasteiger partial charge in [-0.2, -0.15) is 5.10 Å². The number of piperidine rings is 1. The number of imidazole rings is 1. The molecule has 62 heavy (non-hydrogen) atoms. The molecule has 2 fully saturated rings. The second kappa shape index (κ2) is 15.3. The molecule has 4 amide bonds. The minimum atomic E-state index is -0.679. The Morgan fingerprint density at radius 2 is 1.89 bits per heavy atom. The summed E-state index contributed by atoms with van der Waals surface area (Å²) in [5.41, 5.74) is 8.98. The molecule has 18 heteroatoms. The van der Waals surface area contributed by atoms with E-state index in [-0.39, 0.29) is 37.1 Å². The van der Waals surface area contributed by atoms with Crippen LogP contribution in [0.15, 0.2) is 53.4 Å². The molecular weight excluding hydrogens is 791 g/mol. The van der Waals surface area contributed by atoms with Gasteiger partial charge in [0.1, 0.15) is 29.1 Å². The third-order valence-electron chi connectivity index (χ3n) is 12.0. The lowest BCUT2D eigenvalue weighted by Gasteiger charge is -2.29. The molecule has 10 rings (SSSR count). The predicted octanol–water partition coefficient (Wildman–Crippen LogP) is 5.53. The largest absolute Gasteiger partial charge is 0.383 e. The molecule has 1 atom stereocenters. The van der Waals surface area contributed by atoms with E-state index in [0.717, 1.165) is 80.0 Å². The number of carbonyl (C=O) groups is 4. The first-order valence-electron chi connectivity index (χ1n) is 20.9. The molecule has 1 aliphatic carbocycles. The second-order valence-electron chi connectivity index (χ2n) is 16.3. The molecule has 0 bridgehead atoms. The Morgan fingerprint density at radius 1 is 1.03 bits per heavy atom. The number of nitrogens with zero attached hydrogens (tertiary/aromatic N) is 8. The summed E-state index contributed by atoms with van der Waals surface area (Å²) in [6.45, 7) is 10.1. The fourth-order valence-corrected chi connectivity index (χ4v) is 8.70. The van der Waals surface area contributed by atoms with Gasteiger partial charge < -0.3 is 34.9 Å². The first-order valence-corrected chi connectivity index (χ1v) is 20.9. The predicted molar refractivity (Wildman–Crippen MR) is 229 cm³/mol. The van der Waals surface area contributed by atoms with Gasteiger partial charge in [0, 0.05) is 84.1 Å². The number of aryl methyl sites for hydroxylation is 4. The molecule has 5 N–H and O–H groups in total. The highest BCUT2D eigenvalue weighted by atomic mass is 16.5. The number of benzene rings is 2. The molecule has 7 aromatic rings. The smallest absolute Gasteiger partial charge is 0.289 e. The first kappa shape index (κ1) is 38.8. The number of carbonyl (C=O) groups excluding carboxylic acids is 4. The van der Waals surface area contributed by atoms with E-state index in [1.54, 1.807) is 17.3 Å². The highest BCUT2D eigenvalue weighted by molar-refractivity contribution is 6.13. The quantitative estimate of drug-likeness (QED) is 0.0906. The summed E-state index contributed by atoms with van der Waals surface area (Å²) < 4.78 is 9.34.